The summed E-state index contributed by atoms with van der Waals surface area (Å²) in [4.78, 5) is 2.89. The quantitative estimate of drug-likeness (QED) is 0.810. The van der Waals surface area contributed by atoms with Gasteiger partial charge >= 0.3 is 0 Å². The summed E-state index contributed by atoms with van der Waals surface area (Å²) in [6.45, 7) is 2.70. The van der Waals surface area contributed by atoms with Gasteiger partial charge in [-0.15, -0.1) is 0 Å². The maximum absolute atomic E-state index is 9.51. The number of hydrogen-bond acceptors (Lipinski definition) is 3. The molecule has 1 aromatic rings. The van der Waals surface area contributed by atoms with Gasteiger partial charge in [0.05, 0.1) is 11.1 Å². The van der Waals surface area contributed by atoms with E-state index in [0.717, 1.165) is 32.5 Å². The number of thiocarbonyl (C=S) groups is 1. The van der Waals surface area contributed by atoms with Gasteiger partial charge in [-0.3, -0.25) is 0 Å². The second-order valence-electron chi connectivity index (χ2n) is 4.90. The summed E-state index contributed by atoms with van der Waals surface area (Å²) in [6, 6.07) is 10.2. The highest BCUT2D eigenvalue weighted by atomic mass is 32.1. The molecule has 98 valence electrons. The molecule has 1 aromatic carbocycles. The number of likely N-dealkylation sites (tertiary alicyclic amines) is 1. The Hall–Kier alpha value is -0.970. The Labute approximate surface area is 114 Å². The van der Waals surface area contributed by atoms with E-state index >= 15 is 0 Å². The molecule has 0 amide bonds. The van der Waals surface area contributed by atoms with E-state index in [4.69, 9.17) is 18.0 Å². The zero-order valence-electron chi connectivity index (χ0n) is 10.5. The lowest BCUT2D eigenvalue weighted by Gasteiger charge is -2.32. The summed E-state index contributed by atoms with van der Waals surface area (Å²) in [5, 5.41) is 9.51. The van der Waals surface area contributed by atoms with Crippen molar-refractivity contribution in [3.05, 3.63) is 35.9 Å². The van der Waals surface area contributed by atoms with Gasteiger partial charge in [0.25, 0.3) is 0 Å². The van der Waals surface area contributed by atoms with E-state index in [9.17, 15) is 5.11 Å². The molecule has 0 radical (unpaired) electrons. The predicted molar refractivity (Wildman–Crippen MR) is 77.6 cm³/mol. The van der Waals surface area contributed by atoms with Crippen LogP contribution in [0.1, 0.15) is 24.3 Å². The maximum Gasteiger partial charge on any atom is 0.0816 e. The largest absolute Gasteiger partial charge is 0.393 e. The molecule has 0 bridgehead atoms. The smallest absolute Gasteiger partial charge is 0.0816 e. The Morgan fingerprint density at radius 3 is 2.50 bits per heavy atom. The van der Waals surface area contributed by atoms with Gasteiger partial charge in [-0.05, 0) is 18.4 Å². The second-order valence-corrected chi connectivity index (χ2v) is 5.37. The molecule has 2 rings (SSSR count). The molecule has 1 aliphatic heterocycles. The van der Waals surface area contributed by atoms with Crippen LogP contribution in [0.15, 0.2) is 30.3 Å². The molecule has 0 aromatic heterocycles. The maximum atomic E-state index is 9.51. The van der Waals surface area contributed by atoms with Crippen molar-refractivity contribution in [2.75, 3.05) is 19.6 Å². The monoisotopic (exact) mass is 264 g/mol. The van der Waals surface area contributed by atoms with Gasteiger partial charge in [0, 0.05) is 25.6 Å². The second kappa shape index (κ2) is 6.27. The molecule has 1 aliphatic rings. The molecule has 1 fully saturated rings. The molecule has 0 spiro atoms. The zero-order valence-corrected chi connectivity index (χ0v) is 11.3. The molecule has 0 aliphatic carbocycles. The van der Waals surface area contributed by atoms with Gasteiger partial charge in [-0.1, -0.05) is 42.5 Å². The first-order valence-electron chi connectivity index (χ1n) is 6.41. The minimum absolute atomic E-state index is 0.108. The molecular weight excluding hydrogens is 244 g/mol. The van der Waals surface area contributed by atoms with E-state index in [0.29, 0.717) is 4.99 Å². The molecular formula is C14H20N2OS. The standard InChI is InChI=1S/C14H20N2OS/c15-14(18)13(11-4-2-1-3-5-11)10-16-8-6-12(17)7-9-16/h1-5,12-13,17H,6-10H2,(H2,15,18). The fraction of sp³-hybridized carbons (Fsp3) is 0.500. The van der Waals surface area contributed by atoms with E-state index in [2.05, 4.69) is 17.0 Å². The van der Waals surface area contributed by atoms with Gasteiger partial charge in [0.1, 0.15) is 0 Å². The van der Waals surface area contributed by atoms with Crippen molar-refractivity contribution >= 4 is 17.2 Å². The first kappa shape index (κ1) is 13.5. The first-order chi connectivity index (χ1) is 8.66. The van der Waals surface area contributed by atoms with Crippen LogP contribution < -0.4 is 5.73 Å². The lowest BCUT2D eigenvalue weighted by molar-refractivity contribution is 0.0821. The predicted octanol–water partition coefficient (Wildman–Crippen LogP) is 1.51. The summed E-state index contributed by atoms with van der Waals surface area (Å²) < 4.78 is 0. The summed E-state index contributed by atoms with van der Waals surface area (Å²) in [6.07, 6.45) is 1.55. The highest BCUT2D eigenvalue weighted by Gasteiger charge is 2.22. The Balaban J connectivity index is 2.01. The average Bonchev–Trinajstić information content (AvgIpc) is 2.38. The normalized spacial score (nSPS) is 19.6. The Bertz CT molecular complexity index is 388. The topological polar surface area (TPSA) is 49.5 Å². The summed E-state index contributed by atoms with van der Waals surface area (Å²) in [7, 11) is 0. The Morgan fingerprint density at radius 1 is 1.33 bits per heavy atom. The number of nitrogens with zero attached hydrogens (tertiary/aromatic N) is 1. The van der Waals surface area contributed by atoms with Crippen LogP contribution in [-0.4, -0.2) is 40.7 Å². The first-order valence-corrected chi connectivity index (χ1v) is 6.82. The van der Waals surface area contributed by atoms with Crippen LogP contribution in [-0.2, 0) is 0 Å². The molecule has 18 heavy (non-hydrogen) atoms. The van der Waals surface area contributed by atoms with Crippen LogP contribution in [0.4, 0.5) is 0 Å². The number of piperidine rings is 1. The van der Waals surface area contributed by atoms with E-state index in [1.54, 1.807) is 0 Å². The molecule has 1 saturated heterocycles. The fourth-order valence-electron chi connectivity index (χ4n) is 2.41. The number of aliphatic hydroxyl groups is 1. The van der Waals surface area contributed by atoms with Gasteiger partial charge in [0.2, 0.25) is 0 Å². The van der Waals surface area contributed by atoms with Crippen molar-refractivity contribution in [2.24, 2.45) is 5.73 Å². The zero-order chi connectivity index (χ0) is 13.0. The number of hydrogen-bond donors (Lipinski definition) is 2. The third-order valence-electron chi connectivity index (χ3n) is 3.54. The molecule has 1 atom stereocenters. The number of nitrogens with two attached hydrogens (primary N) is 1. The van der Waals surface area contributed by atoms with Crippen LogP contribution in [0.2, 0.25) is 0 Å². The summed E-state index contributed by atoms with van der Waals surface area (Å²) >= 11 is 5.19. The lowest BCUT2D eigenvalue weighted by Crippen LogP contribution is -2.40. The van der Waals surface area contributed by atoms with Crippen molar-refractivity contribution in [3.8, 4) is 0 Å². The lowest BCUT2D eigenvalue weighted by atomic mass is 9.97. The van der Waals surface area contributed by atoms with E-state index < -0.39 is 0 Å². The molecule has 0 saturated carbocycles. The van der Waals surface area contributed by atoms with Gasteiger partial charge < -0.3 is 15.7 Å². The van der Waals surface area contributed by atoms with Crippen molar-refractivity contribution in [1.82, 2.24) is 4.90 Å². The van der Waals surface area contributed by atoms with Crippen LogP contribution in [0.3, 0.4) is 0 Å². The van der Waals surface area contributed by atoms with E-state index in [-0.39, 0.29) is 12.0 Å². The summed E-state index contributed by atoms with van der Waals surface area (Å²) in [5.41, 5.74) is 7.05. The van der Waals surface area contributed by atoms with Crippen LogP contribution >= 0.6 is 12.2 Å². The van der Waals surface area contributed by atoms with Crippen LogP contribution in [0.5, 0.6) is 0 Å². The van der Waals surface area contributed by atoms with Gasteiger partial charge in [0.15, 0.2) is 0 Å². The van der Waals surface area contributed by atoms with Crippen LogP contribution in [0.25, 0.3) is 0 Å². The third-order valence-corrected chi connectivity index (χ3v) is 3.83. The number of aliphatic hydroxyl groups excluding tert-OH is 1. The van der Waals surface area contributed by atoms with E-state index in [1.807, 2.05) is 18.2 Å². The van der Waals surface area contributed by atoms with Crippen molar-refractivity contribution in [3.63, 3.8) is 0 Å². The molecule has 4 heteroatoms. The van der Waals surface area contributed by atoms with Crippen molar-refractivity contribution in [2.45, 2.75) is 24.9 Å². The van der Waals surface area contributed by atoms with Crippen molar-refractivity contribution < 1.29 is 5.11 Å². The van der Waals surface area contributed by atoms with E-state index in [1.165, 1.54) is 5.56 Å². The highest BCUT2D eigenvalue weighted by Crippen LogP contribution is 2.20. The fourth-order valence-corrected chi connectivity index (χ4v) is 2.62. The highest BCUT2D eigenvalue weighted by molar-refractivity contribution is 7.80. The minimum atomic E-state index is -0.138. The van der Waals surface area contributed by atoms with Crippen molar-refractivity contribution in [1.29, 1.82) is 0 Å². The van der Waals surface area contributed by atoms with Gasteiger partial charge in [-0.2, -0.15) is 0 Å². The summed E-state index contributed by atoms with van der Waals surface area (Å²) in [5.74, 6) is 0.108. The molecule has 3 nitrogen and oxygen atoms in total. The Morgan fingerprint density at radius 2 is 1.94 bits per heavy atom. The molecule has 3 N–H and O–H groups in total. The Kier molecular flexibility index (Phi) is 4.69. The number of rotatable bonds is 4. The number of benzene rings is 1. The SMILES string of the molecule is NC(=S)C(CN1CCC(O)CC1)c1ccccc1. The van der Waals surface area contributed by atoms with Crippen LogP contribution in [0, 0.1) is 0 Å². The molecule has 1 unspecified atom stereocenters. The average molecular weight is 264 g/mol. The molecule has 1 heterocycles. The van der Waals surface area contributed by atoms with Gasteiger partial charge in [-0.25, -0.2) is 0 Å². The minimum Gasteiger partial charge on any atom is -0.393 e. The third kappa shape index (κ3) is 3.51.